The van der Waals surface area contributed by atoms with E-state index in [1.54, 1.807) is 28.0 Å². The maximum atomic E-state index is 12.7. The average molecular weight is 412 g/mol. The van der Waals surface area contributed by atoms with Crippen molar-refractivity contribution in [1.82, 2.24) is 14.8 Å². The predicted molar refractivity (Wildman–Crippen MR) is 104 cm³/mol. The molecule has 1 aliphatic heterocycles. The summed E-state index contributed by atoms with van der Waals surface area (Å²) >= 11 is 13.6. The number of carbonyl (C=O) groups excluding carboxylic acids is 2. The van der Waals surface area contributed by atoms with Crippen molar-refractivity contribution < 1.29 is 9.59 Å². The van der Waals surface area contributed by atoms with E-state index in [4.69, 9.17) is 23.2 Å². The number of rotatable bonds is 3. The second kappa shape index (κ2) is 7.94. The number of halogens is 2. The maximum absolute atomic E-state index is 12.7. The Morgan fingerprint density at radius 1 is 1.12 bits per heavy atom. The maximum Gasteiger partial charge on any atom is 0.265 e. The SMILES string of the molecule is CCc1nc(C)c(C(=O)N2CCN(C(=O)c3cccc(Cl)c3Cl)CC2)s1. The van der Waals surface area contributed by atoms with E-state index in [9.17, 15) is 9.59 Å². The van der Waals surface area contributed by atoms with Crippen LogP contribution in [0, 0.1) is 6.92 Å². The van der Waals surface area contributed by atoms with E-state index in [1.807, 2.05) is 13.8 Å². The Morgan fingerprint density at radius 2 is 1.73 bits per heavy atom. The molecule has 0 saturated carbocycles. The van der Waals surface area contributed by atoms with Crippen molar-refractivity contribution in [2.75, 3.05) is 26.2 Å². The first-order chi connectivity index (χ1) is 12.4. The first kappa shape index (κ1) is 19.1. The zero-order valence-electron chi connectivity index (χ0n) is 14.6. The predicted octanol–water partition coefficient (Wildman–Crippen LogP) is 3.92. The van der Waals surface area contributed by atoms with Crippen LogP contribution in [0.5, 0.6) is 0 Å². The number of aryl methyl sites for hydroxylation is 2. The lowest BCUT2D eigenvalue weighted by molar-refractivity contribution is 0.0537. The molecule has 0 N–H and O–H groups in total. The van der Waals surface area contributed by atoms with Crippen molar-refractivity contribution in [2.24, 2.45) is 0 Å². The van der Waals surface area contributed by atoms with Gasteiger partial charge < -0.3 is 9.80 Å². The molecular formula is C18H19Cl2N3O2S. The lowest BCUT2D eigenvalue weighted by Gasteiger charge is -2.34. The van der Waals surface area contributed by atoms with Crippen LogP contribution in [-0.4, -0.2) is 52.8 Å². The molecule has 0 spiro atoms. The zero-order valence-corrected chi connectivity index (χ0v) is 16.9. The van der Waals surface area contributed by atoms with Gasteiger partial charge in [0.1, 0.15) is 4.88 Å². The van der Waals surface area contributed by atoms with E-state index in [0.717, 1.165) is 17.1 Å². The molecule has 26 heavy (non-hydrogen) atoms. The lowest BCUT2D eigenvalue weighted by atomic mass is 10.1. The smallest absolute Gasteiger partial charge is 0.265 e. The van der Waals surface area contributed by atoms with Gasteiger partial charge in [0.25, 0.3) is 11.8 Å². The van der Waals surface area contributed by atoms with Crippen molar-refractivity contribution in [3.63, 3.8) is 0 Å². The summed E-state index contributed by atoms with van der Waals surface area (Å²) in [6, 6.07) is 5.03. The molecule has 2 heterocycles. The highest BCUT2D eigenvalue weighted by molar-refractivity contribution is 7.13. The van der Waals surface area contributed by atoms with E-state index < -0.39 is 0 Å². The van der Waals surface area contributed by atoms with Crippen LogP contribution in [0.1, 0.15) is 37.7 Å². The molecule has 1 aromatic carbocycles. The van der Waals surface area contributed by atoms with Gasteiger partial charge in [-0.25, -0.2) is 4.98 Å². The Morgan fingerprint density at radius 3 is 2.31 bits per heavy atom. The van der Waals surface area contributed by atoms with E-state index >= 15 is 0 Å². The minimum Gasteiger partial charge on any atom is -0.335 e. The third kappa shape index (κ3) is 3.72. The van der Waals surface area contributed by atoms with Gasteiger partial charge >= 0.3 is 0 Å². The van der Waals surface area contributed by atoms with E-state index in [-0.39, 0.29) is 16.8 Å². The van der Waals surface area contributed by atoms with E-state index in [0.29, 0.717) is 41.6 Å². The van der Waals surface area contributed by atoms with Crippen LogP contribution in [-0.2, 0) is 6.42 Å². The topological polar surface area (TPSA) is 53.5 Å². The fourth-order valence-corrected chi connectivity index (χ4v) is 4.25. The summed E-state index contributed by atoms with van der Waals surface area (Å²) in [5, 5.41) is 1.60. The monoisotopic (exact) mass is 411 g/mol. The number of aromatic nitrogens is 1. The molecule has 1 fully saturated rings. The highest BCUT2D eigenvalue weighted by Gasteiger charge is 2.28. The number of piperazine rings is 1. The number of hydrogen-bond acceptors (Lipinski definition) is 4. The van der Waals surface area contributed by atoms with Crippen molar-refractivity contribution in [1.29, 1.82) is 0 Å². The Kier molecular flexibility index (Phi) is 5.85. The van der Waals surface area contributed by atoms with Crippen molar-refractivity contribution >= 4 is 46.4 Å². The Balaban J connectivity index is 1.67. The second-order valence-corrected chi connectivity index (χ2v) is 7.93. The third-order valence-electron chi connectivity index (χ3n) is 4.37. The largest absolute Gasteiger partial charge is 0.335 e. The van der Waals surface area contributed by atoms with Gasteiger partial charge in [0.2, 0.25) is 0 Å². The lowest BCUT2D eigenvalue weighted by Crippen LogP contribution is -2.50. The fraction of sp³-hybridized carbons (Fsp3) is 0.389. The molecule has 0 bridgehead atoms. The molecule has 5 nitrogen and oxygen atoms in total. The van der Waals surface area contributed by atoms with Crippen LogP contribution in [0.4, 0.5) is 0 Å². The molecule has 2 amide bonds. The van der Waals surface area contributed by atoms with Gasteiger partial charge in [-0.05, 0) is 25.5 Å². The van der Waals surface area contributed by atoms with Crippen LogP contribution in [0.3, 0.4) is 0 Å². The first-order valence-electron chi connectivity index (χ1n) is 8.41. The molecule has 3 rings (SSSR count). The normalized spacial score (nSPS) is 14.6. The molecule has 0 radical (unpaired) electrons. The highest BCUT2D eigenvalue weighted by Crippen LogP contribution is 2.27. The number of benzene rings is 1. The Bertz CT molecular complexity index is 845. The second-order valence-electron chi connectivity index (χ2n) is 6.06. The molecule has 0 aliphatic carbocycles. The number of amides is 2. The first-order valence-corrected chi connectivity index (χ1v) is 9.98. The molecule has 0 unspecified atom stereocenters. The molecule has 1 aromatic heterocycles. The molecule has 1 aliphatic rings. The third-order valence-corrected chi connectivity index (χ3v) is 6.48. The molecule has 1 saturated heterocycles. The molecule has 2 aromatic rings. The van der Waals surface area contributed by atoms with Gasteiger partial charge in [-0.15, -0.1) is 11.3 Å². The standard InChI is InChI=1S/C18H19Cl2N3O2S/c1-3-14-21-11(2)16(26-14)18(25)23-9-7-22(8-10-23)17(24)12-5-4-6-13(19)15(12)20/h4-6H,3,7-10H2,1-2H3. The molecule has 0 atom stereocenters. The van der Waals surface area contributed by atoms with Crippen LogP contribution >= 0.6 is 34.5 Å². The summed E-state index contributed by atoms with van der Waals surface area (Å²) in [4.78, 5) is 34.0. The highest BCUT2D eigenvalue weighted by atomic mass is 35.5. The molecule has 8 heteroatoms. The summed E-state index contributed by atoms with van der Waals surface area (Å²) in [7, 11) is 0. The molecule has 138 valence electrons. The summed E-state index contributed by atoms with van der Waals surface area (Å²) in [5.74, 6) is -0.167. The van der Waals surface area contributed by atoms with Crippen LogP contribution < -0.4 is 0 Å². The minimum atomic E-state index is -0.160. The summed E-state index contributed by atoms with van der Waals surface area (Å²) < 4.78 is 0. The van der Waals surface area contributed by atoms with Gasteiger partial charge in [0, 0.05) is 26.2 Å². The van der Waals surface area contributed by atoms with E-state index in [1.165, 1.54) is 11.3 Å². The van der Waals surface area contributed by atoms with Gasteiger partial charge in [-0.1, -0.05) is 36.2 Å². The fourth-order valence-electron chi connectivity index (χ4n) is 2.90. The number of nitrogens with zero attached hydrogens (tertiary/aromatic N) is 3. The number of carbonyl (C=O) groups is 2. The van der Waals surface area contributed by atoms with Crippen LogP contribution in [0.2, 0.25) is 10.0 Å². The quantitative estimate of drug-likeness (QED) is 0.768. The van der Waals surface area contributed by atoms with Crippen LogP contribution in [0.15, 0.2) is 18.2 Å². The summed E-state index contributed by atoms with van der Waals surface area (Å²) in [6.07, 6.45) is 0.821. The minimum absolute atomic E-state index is 0.00686. The number of thiazole rings is 1. The van der Waals surface area contributed by atoms with Gasteiger partial charge in [-0.3, -0.25) is 9.59 Å². The summed E-state index contributed by atoms with van der Waals surface area (Å²) in [6.45, 7) is 5.79. The average Bonchev–Trinajstić information content (AvgIpc) is 3.04. The van der Waals surface area contributed by atoms with E-state index in [2.05, 4.69) is 4.98 Å². The number of hydrogen-bond donors (Lipinski definition) is 0. The van der Waals surface area contributed by atoms with Crippen molar-refractivity contribution in [3.8, 4) is 0 Å². The Hall–Kier alpha value is -1.63. The zero-order chi connectivity index (χ0) is 18.8. The van der Waals surface area contributed by atoms with Crippen molar-refractivity contribution in [2.45, 2.75) is 20.3 Å². The molecular weight excluding hydrogens is 393 g/mol. The van der Waals surface area contributed by atoms with Crippen LogP contribution in [0.25, 0.3) is 0 Å². The van der Waals surface area contributed by atoms with Crippen molar-refractivity contribution in [3.05, 3.63) is 49.4 Å². The van der Waals surface area contributed by atoms with Gasteiger partial charge in [-0.2, -0.15) is 0 Å². The van der Waals surface area contributed by atoms with Gasteiger partial charge in [0.15, 0.2) is 0 Å². The van der Waals surface area contributed by atoms with Gasteiger partial charge in [0.05, 0.1) is 26.3 Å². The Labute approximate surface area is 166 Å². The summed E-state index contributed by atoms with van der Waals surface area (Å²) in [5.41, 5.74) is 1.17.